The molecule has 2 fully saturated rings. The molecule has 0 saturated carbocycles. The maximum atomic E-state index is 13.5. The van der Waals surface area contributed by atoms with Crippen molar-refractivity contribution in [2.45, 2.75) is 63.2 Å². The number of piperidine rings is 1. The van der Waals surface area contributed by atoms with E-state index in [4.69, 9.17) is 0 Å². The summed E-state index contributed by atoms with van der Waals surface area (Å²) in [6.07, 6.45) is 2.47. The number of nitrogens with zero attached hydrogens (tertiary/aromatic N) is 2. The lowest BCUT2D eigenvalue weighted by Gasteiger charge is -2.44. The Morgan fingerprint density at radius 2 is 1.61 bits per heavy atom. The van der Waals surface area contributed by atoms with Gasteiger partial charge in [-0.25, -0.2) is 0 Å². The summed E-state index contributed by atoms with van der Waals surface area (Å²) in [7, 11) is 0. The van der Waals surface area contributed by atoms with Crippen LogP contribution in [0, 0.1) is 0 Å². The number of amides is 2. The molecule has 1 atom stereocenters. The van der Waals surface area contributed by atoms with Crippen molar-refractivity contribution in [1.82, 2.24) is 9.80 Å². The number of carbonyl (C=O) groups excluding carboxylic acids is 2. The summed E-state index contributed by atoms with van der Waals surface area (Å²) in [6.45, 7) is 10.8. The number of benzene rings is 2. The van der Waals surface area contributed by atoms with Crippen molar-refractivity contribution < 1.29 is 9.59 Å². The predicted octanol–water partition coefficient (Wildman–Crippen LogP) is 5.69. The molecule has 0 aromatic heterocycles. The molecule has 0 bridgehead atoms. The first-order valence-electron chi connectivity index (χ1n) is 12.2. The SMILES string of the molecule is CCC(C(=O)N1CCC2(CC1)SCCN2C(=O)c1ccc(C(C)(C)C)cc1)c1ccccc1. The van der Waals surface area contributed by atoms with Gasteiger partial charge in [0.05, 0.1) is 10.8 Å². The monoisotopic (exact) mass is 464 g/mol. The van der Waals surface area contributed by atoms with Gasteiger partial charge in [-0.3, -0.25) is 9.59 Å². The van der Waals surface area contributed by atoms with Crippen molar-refractivity contribution in [3.8, 4) is 0 Å². The largest absolute Gasteiger partial charge is 0.342 e. The smallest absolute Gasteiger partial charge is 0.254 e. The van der Waals surface area contributed by atoms with Gasteiger partial charge >= 0.3 is 0 Å². The second-order valence-corrected chi connectivity index (χ2v) is 11.7. The quantitative estimate of drug-likeness (QED) is 0.584. The minimum atomic E-state index is -0.189. The van der Waals surface area contributed by atoms with Crippen molar-refractivity contribution in [1.29, 1.82) is 0 Å². The number of thioether (sulfide) groups is 1. The maximum absolute atomic E-state index is 13.5. The van der Waals surface area contributed by atoms with Crippen molar-refractivity contribution in [2.75, 3.05) is 25.4 Å². The summed E-state index contributed by atoms with van der Waals surface area (Å²) in [5, 5.41) is 0. The van der Waals surface area contributed by atoms with E-state index in [2.05, 4.69) is 56.9 Å². The van der Waals surface area contributed by atoms with Gasteiger partial charge in [0.1, 0.15) is 0 Å². The summed E-state index contributed by atoms with van der Waals surface area (Å²) in [5.41, 5.74) is 3.16. The minimum absolute atomic E-state index is 0.0712. The molecule has 33 heavy (non-hydrogen) atoms. The van der Waals surface area contributed by atoms with Crippen LogP contribution in [0.4, 0.5) is 0 Å². The fourth-order valence-electron chi connectivity index (χ4n) is 5.11. The zero-order chi connectivity index (χ0) is 23.6. The van der Waals surface area contributed by atoms with Gasteiger partial charge in [0.25, 0.3) is 5.91 Å². The summed E-state index contributed by atoms with van der Waals surface area (Å²) in [5.74, 6) is 1.21. The van der Waals surface area contributed by atoms with Crippen LogP contribution in [0.1, 0.15) is 74.4 Å². The molecule has 2 aliphatic rings. The van der Waals surface area contributed by atoms with Crippen LogP contribution in [0.3, 0.4) is 0 Å². The van der Waals surface area contributed by atoms with Crippen LogP contribution in [0.2, 0.25) is 0 Å². The predicted molar refractivity (Wildman–Crippen MR) is 137 cm³/mol. The standard InChI is InChI=1S/C28H36N2O2S/c1-5-24(21-9-7-6-8-10-21)26(32)29-17-15-28(16-18-29)30(19-20-33-28)25(31)22-11-13-23(14-12-22)27(2,3)4/h6-14,24H,5,15-20H2,1-4H3. The second kappa shape index (κ2) is 9.54. The second-order valence-electron chi connectivity index (χ2n) is 10.3. The lowest BCUT2D eigenvalue weighted by molar-refractivity contribution is -0.134. The Labute approximate surface area is 202 Å². The van der Waals surface area contributed by atoms with Gasteiger partial charge in [-0.05, 0) is 47.9 Å². The molecular formula is C28H36N2O2S. The van der Waals surface area contributed by atoms with Crippen LogP contribution < -0.4 is 0 Å². The third-order valence-electron chi connectivity index (χ3n) is 7.19. The van der Waals surface area contributed by atoms with E-state index in [0.717, 1.165) is 42.7 Å². The van der Waals surface area contributed by atoms with E-state index in [1.807, 2.05) is 47.0 Å². The van der Waals surface area contributed by atoms with E-state index in [0.29, 0.717) is 13.1 Å². The molecule has 4 nitrogen and oxygen atoms in total. The maximum Gasteiger partial charge on any atom is 0.254 e. The van der Waals surface area contributed by atoms with Crippen molar-refractivity contribution in [2.24, 2.45) is 0 Å². The van der Waals surface area contributed by atoms with Crippen molar-refractivity contribution in [3.05, 3.63) is 71.3 Å². The third kappa shape index (κ3) is 4.84. The van der Waals surface area contributed by atoms with Gasteiger partial charge in [0, 0.05) is 31.0 Å². The van der Waals surface area contributed by atoms with Gasteiger partial charge in [-0.1, -0.05) is 70.2 Å². The van der Waals surface area contributed by atoms with Gasteiger partial charge in [0.15, 0.2) is 0 Å². The fourth-order valence-corrected chi connectivity index (χ4v) is 6.57. The molecule has 2 heterocycles. The number of rotatable bonds is 4. The van der Waals surface area contributed by atoms with Crippen LogP contribution in [0.15, 0.2) is 54.6 Å². The van der Waals surface area contributed by atoms with Gasteiger partial charge in [-0.15, -0.1) is 11.8 Å². The van der Waals surface area contributed by atoms with Crippen LogP contribution >= 0.6 is 11.8 Å². The first kappa shape index (κ1) is 23.9. The highest BCUT2D eigenvalue weighted by Gasteiger charge is 2.47. The zero-order valence-corrected chi connectivity index (χ0v) is 21.2. The molecule has 2 aromatic carbocycles. The molecule has 176 valence electrons. The Morgan fingerprint density at radius 1 is 0.970 bits per heavy atom. The number of hydrogen-bond donors (Lipinski definition) is 0. The highest BCUT2D eigenvalue weighted by atomic mass is 32.2. The number of likely N-dealkylation sites (tertiary alicyclic amines) is 1. The van der Waals surface area contributed by atoms with Crippen LogP contribution in [0.25, 0.3) is 0 Å². The summed E-state index contributed by atoms with van der Waals surface area (Å²) >= 11 is 1.90. The van der Waals surface area contributed by atoms with Gasteiger partial charge < -0.3 is 9.80 Å². The molecule has 1 spiro atoms. The summed E-state index contributed by atoms with van der Waals surface area (Å²) < 4.78 is 0. The number of hydrogen-bond acceptors (Lipinski definition) is 3. The van der Waals surface area contributed by atoms with E-state index in [1.54, 1.807) is 0 Å². The average Bonchev–Trinajstić information content (AvgIpc) is 3.22. The van der Waals surface area contributed by atoms with Crippen LogP contribution in [0.5, 0.6) is 0 Å². The lowest BCUT2D eigenvalue weighted by atomic mass is 9.86. The minimum Gasteiger partial charge on any atom is -0.342 e. The normalized spacial score (nSPS) is 19.0. The molecule has 0 aliphatic carbocycles. The van der Waals surface area contributed by atoms with Crippen LogP contribution in [-0.4, -0.2) is 51.9 Å². The number of carbonyl (C=O) groups is 2. The fraction of sp³-hybridized carbons (Fsp3) is 0.500. The Kier molecular flexibility index (Phi) is 6.90. The topological polar surface area (TPSA) is 40.6 Å². The zero-order valence-electron chi connectivity index (χ0n) is 20.3. The first-order chi connectivity index (χ1) is 15.7. The molecule has 2 amide bonds. The molecule has 1 unspecified atom stereocenters. The molecule has 2 saturated heterocycles. The van der Waals surface area contributed by atoms with Crippen molar-refractivity contribution >= 4 is 23.6 Å². The molecule has 5 heteroatoms. The van der Waals surface area contributed by atoms with E-state index in [-0.39, 0.29) is 28.0 Å². The van der Waals surface area contributed by atoms with E-state index in [1.165, 1.54) is 5.56 Å². The molecule has 0 radical (unpaired) electrons. The highest BCUT2D eigenvalue weighted by molar-refractivity contribution is 8.00. The Balaban J connectivity index is 1.45. The third-order valence-corrected chi connectivity index (χ3v) is 8.74. The highest BCUT2D eigenvalue weighted by Crippen LogP contribution is 2.45. The van der Waals surface area contributed by atoms with E-state index < -0.39 is 0 Å². The van der Waals surface area contributed by atoms with Crippen molar-refractivity contribution in [3.63, 3.8) is 0 Å². The lowest BCUT2D eigenvalue weighted by Crippen LogP contribution is -2.54. The summed E-state index contributed by atoms with van der Waals surface area (Å²) in [4.78, 5) is 30.7. The van der Waals surface area contributed by atoms with Gasteiger partial charge in [0.2, 0.25) is 5.91 Å². The van der Waals surface area contributed by atoms with E-state index >= 15 is 0 Å². The molecule has 2 aromatic rings. The Hall–Kier alpha value is -2.27. The Morgan fingerprint density at radius 3 is 2.18 bits per heavy atom. The van der Waals surface area contributed by atoms with E-state index in [9.17, 15) is 9.59 Å². The average molecular weight is 465 g/mol. The molecular weight excluding hydrogens is 428 g/mol. The van der Waals surface area contributed by atoms with Gasteiger partial charge in [-0.2, -0.15) is 0 Å². The Bertz CT molecular complexity index is 973. The summed E-state index contributed by atoms with van der Waals surface area (Å²) in [6, 6.07) is 18.2. The molecule has 4 rings (SSSR count). The van der Waals surface area contributed by atoms with Crippen LogP contribution in [-0.2, 0) is 10.2 Å². The first-order valence-corrected chi connectivity index (χ1v) is 13.1. The molecule has 0 N–H and O–H groups in total. The molecule has 2 aliphatic heterocycles.